The van der Waals surface area contributed by atoms with E-state index in [-0.39, 0.29) is 32.6 Å². The Kier molecular flexibility index (Phi) is 43.5. The number of rotatable bonds is 44. The zero-order chi connectivity index (χ0) is 43.2. The summed E-state index contributed by atoms with van der Waals surface area (Å²) < 4.78 is 32.8. The highest BCUT2D eigenvalue weighted by molar-refractivity contribution is 7.47. The minimum atomic E-state index is -4.39. The van der Waals surface area contributed by atoms with E-state index in [9.17, 15) is 19.0 Å². The molecule has 0 amide bonds. The highest BCUT2D eigenvalue weighted by atomic mass is 31.2. The van der Waals surface area contributed by atoms with Gasteiger partial charge in [0.05, 0.1) is 13.2 Å². The number of hydrogen-bond acceptors (Lipinski definition) is 8. The average Bonchev–Trinajstić information content (AvgIpc) is 3.22. The Morgan fingerprint density at radius 2 is 0.932 bits per heavy atom. The van der Waals surface area contributed by atoms with Gasteiger partial charge >= 0.3 is 19.8 Å². The monoisotopic (exact) mass is 850 g/mol. The van der Waals surface area contributed by atoms with Crippen molar-refractivity contribution in [3.8, 4) is 0 Å². The Hall–Kier alpha value is -2.29. The Bertz CT molecular complexity index is 1150. The first-order chi connectivity index (χ1) is 28.8. The molecular weight excluding hydrogens is 762 g/mol. The summed E-state index contributed by atoms with van der Waals surface area (Å²) in [5, 5.41) is 0. The van der Waals surface area contributed by atoms with Gasteiger partial charge in [0, 0.05) is 19.4 Å². The number of allylic oxidation sites excluding steroid dienone is 10. The first-order valence-electron chi connectivity index (χ1n) is 23.8. The highest BCUT2D eigenvalue weighted by Crippen LogP contribution is 2.43. The number of unbranched alkanes of at least 4 members (excludes halogenated alkanes) is 21. The smallest absolute Gasteiger partial charge is 0.462 e. The van der Waals surface area contributed by atoms with Crippen LogP contribution >= 0.6 is 7.82 Å². The van der Waals surface area contributed by atoms with E-state index in [2.05, 4.69) is 68.5 Å². The Balaban J connectivity index is 4.14. The van der Waals surface area contributed by atoms with E-state index >= 15 is 0 Å². The molecule has 2 atom stereocenters. The van der Waals surface area contributed by atoms with Gasteiger partial charge in [-0.05, 0) is 51.4 Å². The lowest BCUT2D eigenvalue weighted by molar-refractivity contribution is -0.161. The number of esters is 2. The van der Waals surface area contributed by atoms with Crippen molar-refractivity contribution in [2.24, 2.45) is 5.73 Å². The minimum absolute atomic E-state index is 0.0447. The number of ether oxygens (including phenoxy) is 2. The number of carbonyl (C=O) groups excluding carboxylic acids is 2. The lowest BCUT2D eigenvalue weighted by atomic mass is 10.0. The van der Waals surface area contributed by atoms with E-state index in [4.69, 9.17) is 24.3 Å². The SMILES string of the molecule is CCC=CCC=CCC=CCC=CCC=CCCCC(=O)OC[C@H](COP(=O)(O)OCCN)OC(=O)CCCCCCCCCCCCCCCCCCCCCCC. The fourth-order valence-electron chi connectivity index (χ4n) is 6.44. The molecule has 0 heterocycles. The maximum absolute atomic E-state index is 12.6. The second-order valence-corrected chi connectivity index (χ2v) is 17.1. The van der Waals surface area contributed by atoms with Crippen LogP contribution in [0.5, 0.6) is 0 Å². The highest BCUT2D eigenvalue weighted by Gasteiger charge is 2.26. The molecule has 0 fully saturated rings. The molecule has 0 radical (unpaired) electrons. The zero-order valence-electron chi connectivity index (χ0n) is 37.7. The van der Waals surface area contributed by atoms with Crippen LogP contribution in [0.15, 0.2) is 60.8 Å². The van der Waals surface area contributed by atoms with Crippen LogP contribution in [0, 0.1) is 0 Å². The summed E-state index contributed by atoms with van der Waals surface area (Å²) >= 11 is 0. The van der Waals surface area contributed by atoms with Crippen molar-refractivity contribution in [3.63, 3.8) is 0 Å². The summed E-state index contributed by atoms with van der Waals surface area (Å²) in [5.41, 5.74) is 5.35. The van der Waals surface area contributed by atoms with E-state index < -0.39 is 32.5 Å². The van der Waals surface area contributed by atoms with Crippen LogP contribution in [0.3, 0.4) is 0 Å². The number of nitrogens with two attached hydrogens (primary N) is 1. The third-order valence-electron chi connectivity index (χ3n) is 9.92. The number of phosphoric ester groups is 1. The molecule has 0 bridgehead atoms. The third kappa shape index (κ3) is 45.1. The Morgan fingerprint density at radius 3 is 1.37 bits per heavy atom. The van der Waals surface area contributed by atoms with Crippen molar-refractivity contribution in [1.29, 1.82) is 0 Å². The van der Waals surface area contributed by atoms with Gasteiger partial charge in [0.1, 0.15) is 6.61 Å². The van der Waals surface area contributed by atoms with Crippen LogP contribution in [0.4, 0.5) is 0 Å². The summed E-state index contributed by atoms with van der Waals surface area (Å²) in [6.07, 6.45) is 54.1. The van der Waals surface area contributed by atoms with Gasteiger partial charge in [0.15, 0.2) is 6.10 Å². The molecule has 342 valence electrons. The molecule has 0 aliphatic carbocycles. The molecule has 3 N–H and O–H groups in total. The van der Waals surface area contributed by atoms with Gasteiger partial charge in [-0.25, -0.2) is 4.57 Å². The van der Waals surface area contributed by atoms with Crippen molar-refractivity contribution >= 4 is 19.8 Å². The van der Waals surface area contributed by atoms with E-state index in [1.54, 1.807) is 0 Å². The van der Waals surface area contributed by atoms with Gasteiger partial charge in [-0.1, -0.05) is 203 Å². The minimum Gasteiger partial charge on any atom is -0.462 e. The quantitative estimate of drug-likeness (QED) is 0.0266. The van der Waals surface area contributed by atoms with Crippen molar-refractivity contribution in [2.45, 2.75) is 213 Å². The van der Waals surface area contributed by atoms with E-state index in [0.717, 1.165) is 57.8 Å². The first kappa shape index (κ1) is 56.7. The summed E-state index contributed by atoms with van der Waals surface area (Å²) in [6.45, 7) is 3.57. The van der Waals surface area contributed by atoms with Gasteiger partial charge < -0.3 is 20.1 Å². The second-order valence-electron chi connectivity index (χ2n) is 15.6. The molecular formula is C49H88NO8P. The van der Waals surface area contributed by atoms with Crippen LogP contribution in [-0.2, 0) is 32.7 Å². The summed E-state index contributed by atoms with van der Waals surface area (Å²) in [5.74, 6) is -0.893. The average molecular weight is 850 g/mol. The van der Waals surface area contributed by atoms with Crippen LogP contribution in [-0.4, -0.2) is 49.3 Å². The first-order valence-corrected chi connectivity index (χ1v) is 25.3. The van der Waals surface area contributed by atoms with Gasteiger partial charge in [-0.3, -0.25) is 18.6 Å². The third-order valence-corrected chi connectivity index (χ3v) is 10.9. The predicted molar refractivity (Wildman–Crippen MR) is 247 cm³/mol. The lowest BCUT2D eigenvalue weighted by Gasteiger charge is -2.19. The fourth-order valence-corrected chi connectivity index (χ4v) is 7.20. The molecule has 59 heavy (non-hydrogen) atoms. The summed E-state index contributed by atoms with van der Waals surface area (Å²) in [4.78, 5) is 34.9. The molecule has 1 unspecified atom stereocenters. The summed E-state index contributed by atoms with van der Waals surface area (Å²) in [7, 11) is -4.39. The standard InChI is InChI=1S/C49H88NO8P/c1-3-5-7-9-11-13-15-17-19-21-22-23-24-26-28-30-32-34-36-38-40-42-49(52)58-47(46-57-59(53,54)56-44-43-50)45-55-48(51)41-39-37-35-33-31-29-27-25-20-18-16-14-12-10-8-6-4-2/h6,8,12,14,18,20,27,29,33,35,47H,3-5,7,9-11,13,15-17,19,21-26,28,30-32,34,36-46,50H2,1-2H3,(H,53,54)/t47-/m1/s1. The van der Waals surface area contributed by atoms with E-state index in [1.807, 2.05) is 6.08 Å². The van der Waals surface area contributed by atoms with Crippen molar-refractivity contribution in [1.82, 2.24) is 0 Å². The summed E-state index contributed by atoms with van der Waals surface area (Å²) in [6, 6.07) is 0. The van der Waals surface area contributed by atoms with Crippen molar-refractivity contribution < 1.29 is 37.6 Å². The fraction of sp³-hybridized carbons (Fsp3) is 0.755. The number of hydrogen-bond donors (Lipinski definition) is 2. The predicted octanol–water partition coefficient (Wildman–Crippen LogP) is 14.1. The molecule has 0 aromatic carbocycles. The number of carbonyl (C=O) groups is 2. The van der Waals surface area contributed by atoms with Gasteiger partial charge in [-0.2, -0.15) is 0 Å². The maximum Gasteiger partial charge on any atom is 0.472 e. The van der Waals surface area contributed by atoms with Gasteiger partial charge in [-0.15, -0.1) is 0 Å². The maximum atomic E-state index is 12.6. The molecule has 0 saturated heterocycles. The van der Waals surface area contributed by atoms with Crippen LogP contribution in [0.2, 0.25) is 0 Å². The second kappa shape index (κ2) is 45.2. The number of phosphoric acid groups is 1. The largest absolute Gasteiger partial charge is 0.472 e. The van der Waals surface area contributed by atoms with Crippen molar-refractivity contribution in [2.75, 3.05) is 26.4 Å². The zero-order valence-corrected chi connectivity index (χ0v) is 38.6. The Labute approximate surface area is 361 Å². The Morgan fingerprint density at radius 1 is 0.525 bits per heavy atom. The molecule has 0 rings (SSSR count). The molecule has 0 aromatic rings. The van der Waals surface area contributed by atoms with Crippen LogP contribution < -0.4 is 5.73 Å². The lowest BCUT2D eigenvalue weighted by Crippen LogP contribution is -2.29. The van der Waals surface area contributed by atoms with Crippen LogP contribution in [0.1, 0.15) is 206 Å². The molecule has 10 heteroatoms. The molecule has 0 saturated carbocycles. The molecule has 9 nitrogen and oxygen atoms in total. The van der Waals surface area contributed by atoms with Crippen molar-refractivity contribution in [3.05, 3.63) is 60.8 Å². The molecule has 0 aliphatic rings. The topological polar surface area (TPSA) is 134 Å². The van der Waals surface area contributed by atoms with Gasteiger partial charge in [0.25, 0.3) is 0 Å². The van der Waals surface area contributed by atoms with Gasteiger partial charge in [0.2, 0.25) is 0 Å². The van der Waals surface area contributed by atoms with Crippen LogP contribution in [0.25, 0.3) is 0 Å². The molecule has 0 aliphatic heterocycles. The van der Waals surface area contributed by atoms with E-state index in [0.29, 0.717) is 12.8 Å². The molecule has 0 aromatic heterocycles. The van der Waals surface area contributed by atoms with E-state index in [1.165, 1.54) is 109 Å². The normalized spacial score (nSPS) is 13.8. The molecule has 0 spiro atoms.